The van der Waals surface area contributed by atoms with Gasteiger partial charge in [0, 0.05) is 30.6 Å². The van der Waals surface area contributed by atoms with Gasteiger partial charge in [0.1, 0.15) is 6.10 Å². The molecule has 2 bridgehead atoms. The molecule has 1 aromatic heterocycles. The van der Waals surface area contributed by atoms with Gasteiger partial charge in [-0.15, -0.1) is 10.2 Å². The molecule has 126 valence electrons. The van der Waals surface area contributed by atoms with Crippen LogP contribution in [0.15, 0.2) is 30.3 Å². The maximum atomic E-state index is 6.18. The van der Waals surface area contributed by atoms with Crippen molar-refractivity contribution in [2.45, 2.75) is 39.2 Å². The maximum absolute atomic E-state index is 6.18. The fraction of sp³-hybridized carbons (Fsp3) is 0.500. The first-order valence-corrected chi connectivity index (χ1v) is 8.99. The standard InChI is InChI=1S/C20H25N3O/c1-14-10-15(2)12-17(11-14)18-5-6-20(22-21-18)24-19-7-9-23-8-3-4-16(19)13-23/h5-6,10-12,16,19H,3-4,7-9,13H2,1-2H3/t16-,19-/m0/s1. The Morgan fingerprint density at radius 1 is 1.00 bits per heavy atom. The molecule has 0 radical (unpaired) electrons. The van der Waals surface area contributed by atoms with Gasteiger partial charge in [0.05, 0.1) is 5.69 Å². The number of nitrogens with zero attached hydrogens (tertiary/aromatic N) is 3. The topological polar surface area (TPSA) is 38.2 Å². The van der Waals surface area contributed by atoms with Crippen LogP contribution in [0.3, 0.4) is 0 Å². The molecule has 3 heterocycles. The van der Waals surface area contributed by atoms with Crippen molar-refractivity contribution in [1.82, 2.24) is 15.1 Å². The number of aryl methyl sites for hydroxylation is 2. The maximum Gasteiger partial charge on any atom is 0.233 e. The van der Waals surface area contributed by atoms with Crippen LogP contribution >= 0.6 is 0 Å². The summed E-state index contributed by atoms with van der Waals surface area (Å²) in [6.07, 6.45) is 3.96. The van der Waals surface area contributed by atoms with Crippen LogP contribution in [0.5, 0.6) is 5.88 Å². The van der Waals surface area contributed by atoms with Crippen LogP contribution in [0.25, 0.3) is 11.3 Å². The monoisotopic (exact) mass is 323 g/mol. The highest BCUT2D eigenvalue weighted by molar-refractivity contribution is 5.60. The first-order valence-electron chi connectivity index (χ1n) is 8.99. The van der Waals surface area contributed by atoms with Gasteiger partial charge in [-0.2, -0.15) is 0 Å². The number of rotatable bonds is 3. The Morgan fingerprint density at radius 2 is 1.83 bits per heavy atom. The molecule has 3 atom stereocenters. The summed E-state index contributed by atoms with van der Waals surface area (Å²) in [4.78, 5) is 2.56. The number of fused-ring (bicyclic) bond motifs is 2. The van der Waals surface area contributed by atoms with Crippen molar-refractivity contribution in [1.29, 1.82) is 0 Å². The summed E-state index contributed by atoms with van der Waals surface area (Å²) in [5, 5.41) is 8.72. The van der Waals surface area contributed by atoms with Crippen LogP contribution in [0.1, 0.15) is 30.4 Å². The van der Waals surface area contributed by atoms with Crippen LogP contribution in [0.4, 0.5) is 0 Å². The highest BCUT2D eigenvalue weighted by atomic mass is 16.5. The number of aromatic nitrogens is 2. The second kappa shape index (κ2) is 6.52. The van der Waals surface area contributed by atoms with Crippen molar-refractivity contribution in [3.63, 3.8) is 0 Å². The lowest BCUT2D eigenvalue weighted by atomic mass is 9.87. The lowest BCUT2D eigenvalue weighted by Crippen LogP contribution is -2.49. The van der Waals surface area contributed by atoms with E-state index in [1.54, 1.807) is 0 Å². The molecule has 0 amide bonds. The molecular formula is C20H25N3O. The summed E-state index contributed by atoms with van der Waals surface area (Å²) in [6.45, 7) is 7.80. The zero-order valence-electron chi connectivity index (χ0n) is 14.5. The minimum atomic E-state index is 0.294. The van der Waals surface area contributed by atoms with Gasteiger partial charge in [-0.3, -0.25) is 0 Å². The van der Waals surface area contributed by atoms with E-state index in [1.807, 2.05) is 12.1 Å². The van der Waals surface area contributed by atoms with Crippen molar-refractivity contribution in [3.05, 3.63) is 41.5 Å². The van der Waals surface area contributed by atoms with E-state index in [9.17, 15) is 0 Å². The van der Waals surface area contributed by atoms with Crippen molar-refractivity contribution >= 4 is 0 Å². The van der Waals surface area contributed by atoms with Gasteiger partial charge in [-0.25, -0.2) is 0 Å². The number of benzene rings is 1. The van der Waals surface area contributed by atoms with Crippen LogP contribution in [-0.4, -0.2) is 40.8 Å². The summed E-state index contributed by atoms with van der Waals surface area (Å²) < 4.78 is 6.18. The Balaban J connectivity index is 1.47. The molecule has 2 fully saturated rings. The summed E-state index contributed by atoms with van der Waals surface area (Å²) in [5.74, 6) is 1.31. The van der Waals surface area contributed by atoms with Crippen molar-refractivity contribution < 1.29 is 4.74 Å². The molecule has 0 aliphatic carbocycles. The first-order chi connectivity index (χ1) is 11.7. The molecule has 4 nitrogen and oxygen atoms in total. The quantitative estimate of drug-likeness (QED) is 0.864. The van der Waals surface area contributed by atoms with Crippen LogP contribution < -0.4 is 4.74 Å². The number of ether oxygens (including phenoxy) is 1. The normalized spacial score (nSPS) is 26.2. The smallest absolute Gasteiger partial charge is 0.233 e. The predicted octanol–water partition coefficient (Wildman–Crippen LogP) is 3.62. The molecule has 4 rings (SSSR count). The molecule has 0 spiro atoms. The summed E-state index contributed by atoms with van der Waals surface area (Å²) in [7, 11) is 0. The SMILES string of the molecule is Cc1cc(C)cc(-c2ccc(O[C@H]3CC[N@@]4CCC[C@H]3C4)nn2)c1. The van der Waals surface area contributed by atoms with E-state index in [4.69, 9.17) is 4.74 Å². The van der Waals surface area contributed by atoms with Gasteiger partial charge >= 0.3 is 0 Å². The molecule has 2 aliphatic heterocycles. The molecular weight excluding hydrogens is 298 g/mol. The Morgan fingerprint density at radius 3 is 2.58 bits per heavy atom. The van der Waals surface area contributed by atoms with E-state index in [2.05, 4.69) is 47.1 Å². The highest BCUT2D eigenvalue weighted by Gasteiger charge is 2.33. The molecule has 2 saturated heterocycles. The molecule has 4 heteroatoms. The van der Waals surface area contributed by atoms with E-state index < -0.39 is 0 Å². The predicted molar refractivity (Wildman–Crippen MR) is 95.1 cm³/mol. The average Bonchev–Trinajstić information content (AvgIpc) is 2.58. The van der Waals surface area contributed by atoms with Gasteiger partial charge in [-0.1, -0.05) is 17.2 Å². The zero-order valence-corrected chi connectivity index (χ0v) is 14.5. The lowest BCUT2D eigenvalue weighted by Gasteiger charge is -2.42. The molecule has 0 N–H and O–H groups in total. The number of piperidine rings is 2. The minimum absolute atomic E-state index is 0.294. The molecule has 2 aliphatic rings. The number of hydrogen-bond donors (Lipinski definition) is 0. The van der Waals surface area contributed by atoms with Crippen LogP contribution in [0.2, 0.25) is 0 Å². The third-order valence-electron chi connectivity index (χ3n) is 5.23. The van der Waals surface area contributed by atoms with Crippen LogP contribution in [-0.2, 0) is 0 Å². The summed E-state index contributed by atoms with van der Waals surface area (Å²) >= 11 is 0. The molecule has 0 saturated carbocycles. The van der Waals surface area contributed by atoms with Crippen LogP contribution in [0, 0.1) is 19.8 Å². The fourth-order valence-electron chi connectivity index (χ4n) is 4.11. The van der Waals surface area contributed by atoms with Gasteiger partial charge < -0.3 is 9.64 Å². The van der Waals surface area contributed by atoms with Gasteiger partial charge in [0.2, 0.25) is 5.88 Å². The Bertz CT molecular complexity index is 693. The van der Waals surface area contributed by atoms with Gasteiger partial charge in [0.25, 0.3) is 0 Å². The zero-order chi connectivity index (χ0) is 16.5. The molecule has 2 aromatic rings. The van der Waals surface area contributed by atoms with E-state index in [0.717, 1.165) is 24.2 Å². The van der Waals surface area contributed by atoms with E-state index in [0.29, 0.717) is 17.9 Å². The van der Waals surface area contributed by atoms with Gasteiger partial charge in [-0.05, 0) is 57.9 Å². The Hall–Kier alpha value is -1.94. The molecule has 0 unspecified atom stereocenters. The van der Waals surface area contributed by atoms with E-state index >= 15 is 0 Å². The minimum Gasteiger partial charge on any atom is -0.473 e. The summed E-state index contributed by atoms with van der Waals surface area (Å²) in [5.41, 5.74) is 4.51. The van der Waals surface area contributed by atoms with E-state index in [-0.39, 0.29) is 0 Å². The van der Waals surface area contributed by atoms with Crippen molar-refractivity contribution in [3.8, 4) is 17.1 Å². The third-order valence-corrected chi connectivity index (χ3v) is 5.23. The van der Waals surface area contributed by atoms with Crippen molar-refractivity contribution in [2.24, 2.45) is 5.92 Å². The first kappa shape index (κ1) is 15.6. The van der Waals surface area contributed by atoms with Crippen molar-refractivity contribution in [2.75, 3.05) is 19.6 Å². The Kier molecular flexibility index (Phi) is 4.23. The summed E-state index contributed by atoms with van der Waals surface area (Å²) in [6, 6.07) is 10.5. The number of hydrogen-bond acceptors (Lipinski definition) is 4. The van der Waals surface area contributed by atoms with Gasteiger partial charge in [0.15, 0.2) is 0 Å². The fourth-order valence-corrected chi connectivity index (χ4v) is 4.11. The van der Waals surface area contributed by atoms with E-state index in [1.165, 1.54) is 37.1 Å². The average molecular weight is 323 g/mol. The molecule has 24 heavy (non-hydrogen) atoms. The largest absolute Gasteiger partial charge is 0.473 e. The second-order valence-corrected chi connectivity index (χ2v) is 7.28. The molecule has 1 aromatic carbocycles. The third kappa shape index (κ3) is 3.29. The second-order valence-electron chi connectivity index (χ2n) is 7.28. The Labute approximate surface area is 143 Å². The lowest BCUT2D eigenvalue weighted by molar-refractivity contribution is 0.0123. The highest BCUT2D eigenvalue weighted by Crippen LogP contribution is 2.29.